The third-order valence-corrected chi connectivity index (χ3v) is 2.71. The number of hydrogen-bond donors (Lipinski definition) is 1. The highest BCUT2D eigenvalue weighted by Crippen LogP contribution is 2.26. The third kappa shape index (κ3) is 1.95. The molecule has 2 rings (SSSR count). The summed E-state index contributed by atoms with van der Waals surface area (Å²) in [4.78, 5) is 11.3. The number of carbonyl (C=O) groups excluding carboxylic acids is 1. The van der Waals surface area contributed by atoms with E-state index in [1.165, 1.54) is 5.56 Å². The average molecular weight is 189 g/mol. The van der Waals surface area contributed by atoms with E-state index in [2.05, 4.69) is 24.4 Å². The topological polar surface area (TPSA) is 29.1 Å². The highest BCUT2D eigenvalue weighted by atomic mass is 16.1. The Labute approximate surface area is 84.3 Å². The molecule has 0 bridgehead atoms. The molecule has 2 nitrogen and oxygen atoms in total. The molecule has 2 atom stereocenters. The van der Waals surface area contributed by atoms with Gasteiger partial charge in [0.2, 0.25) is 5.91 Å². The van der Waals surface area contributed by atoms with E-state index < -0.39 is 0 Å². The van der Waals surface area contributed by atoms with Gasteiger partial charge in [-0.1, -0.05) is 37.3 Å². The molecule has 1 saturated heterocycles. The molecule has 14 heavy (non-hydrogen) atoms. The van der Waals surface area contributed by atoms with E-state index in [1.54, 1.807) is 0 Å². The van der Waals surface area contributed by atoms with Gasteiger partial charge in [0.15, 0.2) is 0 Å². The Balaban J connectivity index is 2.15. The zero-order valence-electron chi connectivity index (χ0n) is 8.36. The number of rotatable bonds is 1. The lowest BCUT2D eigenvalue weighted by atomic mass is 9.90. The largest absolute Gasteiger partial charge is 0.349 e. The second-order valence-electron chi connectivity index (χ2n) is 4.08. The molecule has 1 fully saturated rings. The molecule has 1 heterocycles. The van der Waals surface area contributed by atoms with Crippen molar-refractivity contribution in [2.45, 2.75) is 25.8 Å². The first kappa shape index (κ1) is 9.25. The van der Waals surface area contributed by atoms with Crippen LogP contribution in [0.5, 0.6) is 0 Å². The monoisotopic (exact) mass is 189 g/mol. The Morgan fingerprint density at radius 2 is 2.00 bits per heavy atom. The van der Waals surface area contributed by atoms with Gasteiger partial charge in [0.25, 0.3) is 0 Å². The van der Waals surface area contributed by atoms with Crippen molar-refractivity contribution in [2.24, 2.45) is 5.92 Å². The van der Waals surface area contributed by atoms with Crippen LogP contribution in [0.3, 0.4) is 0 Å². The third-order valence-electron chi connectivity index (χ3n) is 2.71. The molecule has 0 radical (unpaired) electrons. The molecule has 0 aliphatic carbocycles. The first-order valence-corrected chi connectivity index (χ1v) is 5.10. The van der Waals surface area contributed by atoms with Crippen molar-refractivity contribution < 1.29 is 4.79 Å². The molecule has 0 spiro atoms. The highest BCUT2D eigenvalue weighted by molar-refractivity contribution is 5.77. The molecule has 0 aromatic heterocycles. The van der Waals surface area contributed by atoms with Gasteiger partial charge in [0.05, 0.1) is 6.04 Å². The quantitative estimate of drug-likeness (QED) is 0.721. The van der Waals surface area contributed by atoms with E-state index in [9.17, 15) is 4.79 Å². The van der Waals surface area contributed by atoms with Crippen molar-refractivity contribution >= 4 is 5.91 Å². The normalized spacial score (nSPS) is 27.1. The minimum Gasteiger partial charge on any atom is -0.349 e. The van der Waals surface area contributed by atoms with Crippen molar-refractivity contribution in [1.82, 2.24) is 5.32 Å². The van der Waals surface area contributed by atoms with Gasteiger partial charge in [0, 0.05) is 6.42 Å². The highest BCUT2D eigenvalue weighted by Gasteiger charge is 2.24. The molecule has 1 N–H and O–H groups in total. The summed E-state index contributed by atoms with van der Waals surface area (Å²) in [6.07, 6.45) is 1.72. The van der Waals surface area contributed by atoms with Gasteiger partial charge in [-0.25, -0.2) is 0 Å². The number of carbonyl (C=O) groups is 1. The number of piperidine rings is 1. The SMILES string of the molecule is CC1CC(=O)NC(c2ccccc2)C1. The van der Waals surface area contributed by atoms with E-state index in [0.29, 0.717) is 12.3 Å². The smallest absolute Gasteiger partial charge is 0.220 e. The molecule has 0 saturated carbocycles. The lowest BCUT2D eigenvalue weighted by Crippen LogP contribution is -2.35. The van der Waals surface area contributed by atoms with Crippen LogP contribution in [0.2, 0.25) is 0 Å². The fourth-order valence-electron chi connectivity index (χ4n) is 2.02. The van der Waals surface area contributed by atoms with Gasteiger partial charge in [-0.05, 0) is 17.9 Å². The summed E-state index contributed by atoms with van der Waals surface area (Å²) in [7, 11) is 0. The summed E-state index contributed by atoms with van der Waals surface area (Å²) in [5.74, 6) is 0.673. The Morgan fingerprint density at radius 1 is 1.29 bits per heavy atom. The van der Waals surface area contributed by atoms with E-state index in [-0.39, 0.29) is 11.9 Å². The Hall–Kier alpha value is -1.31. The van der Waals surface area contributed by atoms with Crippen molar-refractivity contribution in [2.75, 3.05) is 0 Å². The molecular formula is C12H15NO. The van der Waals surface area contributed by atoms with Gasteiger partial charge < -0.3 is 5.32 Å². The van der Waals surface area contributed by atoms with Gasteiger partial charge in [-0.2, -0.15) is 0 Å². The van der Waals surface area contributed by atoms with Gasteiger partial charge >= 0.3 is 0 Å². The zero-order valence-corrected chi connectivity index (χ0v) is 8.36. The van der Waals surface area contributed by atoms with Crippen LogP contribution in [-0.4, -0.2) is 5.91 Å². The van der Waals surface area contributed by atoms with E-state index in [0.717, 1.165) is 6.42 Å². The van der Waals surface area contributed by atoms with Crippen LogP contribution >= 0.6 is 0 Å². The van der Waals surface area contributed by atoms with Crippen molar-refractivity contribution in [1.29, 1.82) is 0 Å². The van der Waals surface area contributed by atoms with E-state index in [1.807, 2.05) is 18.2 Å². The van der Waals surface area contributed by atoms with Gasteiger partial charge in [-0.15, -0.1) is 0 Å². The molecule has 1 aromatic carbocycles. The first-order chi connectivity index (χ1) is 6.75. The minimum atomic E-state index is 0.178. The predicted octanol–water partition coefficient (Wildman–Crippen LogP) is 2.27. The second kappa shape index (κ2) is 3.82. The summed E-state index contributed by atoms with van der Waals surface area (Å²) in [5, 5.41) is 3.02. The van der Waals surface area contributed by atoms with Gasteiger partial charge in [0.1, 0.15) is 0 Å². The Kier molecular flexibility index (Phi) is 2.53. The first-order valence-electron chi connectivity index (χ1n) is 5.10. The van der Waals surface area contributed by atoms with Crippen LogP contribution < -0.4 is 5.32 Å². The van der Waals surface area contributed by atoms with Crippen LogP contribution in [0.25, 0.3) is 0 Å². The average Bonchev–Trinajstić information content (AvgIpc) is 2.18. The molecule has 1 aliphatic heterocycles. The summed E-state index contributed by atoms with van der Waals surface area (Å²) in [5.41, 5.74) is 1.22. The lowest BCUT2D eigenvalue weighted by molar-refractivity contribution is -0.124. The van der Waals surface area contributed by atoms with Crippen LogP contribution in [0, 0.1) is 5.92 Å². The van der Waals surface area contributed by atoms with Crippen molar-refractivity contribution in [3.8, 4) is 0 Å². The number of amides is 1. The standard InChI is InChI=1S/C12H15NO/c1-9-7-11(13-12(14)8-9)10-5-3-2-4-6-10/h2-6,9,11H,7-8H2,1H3,(H,13,14). The summed E-state index contributed by atoms with van der Waals surface area (Å²) < 4.78 is 0. The molecule has 1 aromatic rings. The molecule has 1 amide bonds. The van der Waals surface area contributed by atoms with Crippen LogP contribution in [0.4, 0.5) is 0 Å². The lowest BCUT2D eigenvalue weighted by Gasteiger charge is -2.27. The molecule has 2 unspecified atom stereocenters. The maximum absolute atomic E-state index is 11.3. The summed E-state index contributed by atoms with van der Waals surface area (Å²) >= 11 is 0. The predicted molar refractivity (Wildman–Crippen MR) is 55.7 cm³/mol. The molecule has 1 aliphatic rings. The number of benzene rings is 1. The second-order valence-corrected chi connectivity index (χ2v) is 4.08. The van der Waals surface area contributed by atoms with Crippen molar-refractivity contribution in [3.63, 3.8) is 0 Å². The summed E-state index contributed by atoms with van der Waals surface area (Å²) in [6, 6.07) is 10.4. The fourth-order valence-corrected chi connectivity index (χ4v) is 2.02. The van der Waals surface area contributed by atoms with E-state index >= 15 is 0 Å². The van der Waals surface area contributed by atoms with E-state index in [4.69, 9.17) is 0 Å². The number of hydrogen-bond acceptors (Lipinski definition) is 1. The Morgan fingerprint density at radius 3 is 2.64 bits per heavy atom. The molecule has 2 heteroatoms. The zero-order chi connectivity index (χ0) is 9.97. The van der Waals surface area contributed by atoms with Crippen LogP contribution in [0.1, 0.15) is 31.4 Å². The Bertz CT molecular complexity index is 320. The summed E-state index contributed by atoms with van der Waals surface area (Å²) in [6.45, 7) is 2.13. The minimum absolute atomic E-state index is 0.178. The molecule has 74 valence electrons. The maximum Gasteiger partial charge on any atom is 0.220 e. The van der Waals surface area contributed by atoms with Crippen molar-refractivity contribution in [3.05, 3.63) is 35.9 Å². The van der Waals surface area contributed by atoms with Crippen LogP contribution in [0.15, 0.2) is 30.3 Å². The van der Waals surface area contributed by atoms with Crippen LogP contribution in [-0.2, 0) is 4.79 Å². The maximum atomic E-state index is 11.3. The number of nitrogens with one attached hydrogen (secondary N) is 1. The van der Waals surface area contributed by atoms with Gasteiger partial charge in [-0.3, -0.25) is 4.79 Å². The molecular weight excluding hydrogens is 174 g/mol. The fraction of sp³-hybridized carbons (Fsp3) is 0.417.